The molecule has 10 nitrogen and oxygen atoms in total. The molecule has 5 aromatic rings. The lowest BCUT2D eigenvalue weighted by Crippen LogP contribution is -2.46. The summed E-state index contributed by atoms with van der Waals surface area (Å²) in [7, 11) is 3.22. The maximum Gasteiger partial charge on any atom is 0.133 e. The Kier molecular flexibility index (Phi) is 9.44. The highest BCUT2D eigenvalue weighted by Crippen LogP contribution is 2.55. The highest BCUT2D eigenvalue weighted by Gasteiger charge is 2.49. The lowest BCUT2D eigenvalue weighted by molar-refractivity contribution is -0.0888. The molecule has 0 spiro atoms. The summed E-state index contributed by atoms with van der Waals surface area (Å²) >= 11 is 0. The fourth-order valence-corrected chi connectivity index (χ4v) is 8.61. The maximum absolute atomic E-state index is 12.5. The summed E-state index contributed by atoms with van der Waals surface area (Å²) in [4.78, 5) is 0. The highest BCUT2D eigenvalue weighted by atomic mass is 16.5. The van der Waals surface area contributed by atoms with Gasteiger partial charge >= 0.3 is 0 Å². The quantitative estimate of drug-likeness (QED) is 0.0997. The van der Waals surface area contributed by atoms with Crippen LogP contribution in [0.1, 0.15) is 59.3 Å². The van der Waals surface area contributed by atoms with E-state index in [9.17, 15) is 25.5 Å². The zero-order valence-corrected chi connectivity index (χ0v) is 29.7. The Morgan fingerprint density at radius 2 is 1.58 bits per heavy atom. The molecule has 5 atom stereocenters. The zero-order chi connectivity index (χ0) is 36.8. The summed E-state index contributed by atoms with van der Waals surface area (Å²) in [5.41, 5.74) is 5.25. The number of phenols is 3. The van der Waals surface area contributed by atoms with Crippen LogP contribution in [-0.4, -0.2) is 65.7 Å². The number of ether oxygens (including phenoxy) is 5. The summed E-state index contributed by atoms with van der Waals surface area (Å²) in [6, 6.07) is 20.9. The Hall–Kier alpha value is -5.16. The molecule has 276 valence electrons. The van der Waals surface area contributed by atoms with Crippen LogP contribution >= 0.6 is 0 Å². The van der Waals surface area contributed by atoms with Crippen molar-refractivity contribution in [3.05, 3.63) is 101 Å². The van der Waals surface area contributed by atoms with Crippen LogP contribution in [0.4, 0.5) is 0 Å². The third-order valence-corrected chi connectivity index (χ3v) is 11.0. The Bertz CT molecular complexity index is 2160. The van der Waals surface area contributed by atoms with E-state index in [1.807, 2.05) is 24.3 Å². The number of benzene rings is 5. The topological polar surface area (TPSA) is 147 Å². The second-order valence-corrected chi connectivity index (χ2v) is 14.2. The van der Waals surface area contributed by atoms with Crippen LogP contribution in [0.25, 0.3) is 21.9 Å². The SMILES string of the molecule is COCCC[C@@H]1Oc2c(c3c(c4cc(O)ccc24)OCCC3)[C@H](O)[C@@H]1[C@@H]1COc2c(Cc3cc(O)ccc3-c3cccc(O)c3)cc(OC)cc2[C@H]1O. The maximum atomic E-state index is 12.5. The Labute approximate surface area is 307 Å². The van der Waals surface area contributed by atoms with Gasteiger partial charge in [-0.05, 0) is 97.0 Å². The van der Waals surface area contributed by atoms with Crippen molar-refractivity contribution in [1.82, 2.24) is 0 Å². The molecule has 0 saturated carbocycles. The van der Waals surface area contributed by atoms with Crippen molar-refractivity contribution in [2.75, 3.05) is 34.0 Å². The van der Waals surface area contributed by atoms with Gasteiger partial charge in [-0.1, -0.05) is 18.2 Å². The minimum Gasteiger partial charge on any atom is -0.508 e. The number of aromatic hydroxyl groups is 3. The minimum atomic E-state index is -1.04. The molecule has 5 N–H and O–H groups in total. The van der Waals surface area contributed by atoms with E-state index < -0.39 is 30.1 Å². The number of phenolic OH excluding ortho intramolecular Hbond substituents is 3. The Balaban J connectivity index is 1.20. The third-order valence-electron chi connectivity index (χ3n) is 11.0. The molecular weight excluding hydrogens is 676 g/mol. The molecule has 0 unspecified atom stereocenters. The van der Waals surface area contributed by atoms with Gasteiger partial charge in [-0.3, -0.25) is 0 Å². The molecule has 3 aliphatic heterocycles. The van der Waals surface area contributed by atoms with Crippen LogP contribution in [0.3, 0.4) is 0 Å². The van der Waals surface area contributed by atoms with Gasteiger partial charge in [-0.2, -0.15) is 0 Å². The van der Waals surface area contributed by atoms with Crippen molar-refractivity contribution in [2.45, 2.75) is 50.4 Å². The van der Waals surface area contributed by atoms with Crippen LogP contribution in [0, 0.1) is 11.8 Å². The molecule has 0 amide bonds. The molecule has 0 bridgehead atoms. The van der Waals surface area contributed by atoms with E-state index in [4.69, 9.17) is 23.7 Å². The highest BCUT2D eigenvalue weighted by molar-refractivity contribution is 5.97. The number of aliphatic hydroxyl groups excluding tert-OH is 2. The van der Waals surface area contributed by atoms with Gasteiger partial charge in [-0.15, -0.1) is 0 Å². The Morgan fingerprint density at radius 1 is 0.774 bits per heavy atom. The number of fused-ring (bicyclic) bond motifs is 7. The summed E-state index contributed by atoms with van der Waals surface area (Å²) in [5, 5.41) is 57.5. The molecule has 0 aliphatic carbocycles. The van der Waals surface area contributed by atoms with Gasteiger partial charge in [-0.25, -0.2) is 0 Å². The van der Waals surface area contributed by atoms with Crippen molar-refractivity contribution >= 4 is 10.8 Å². The largest absolute Gasteiger partial charge is 0.508 e. The third kappa shape index (κ3) is 6.34. The molecule has 10 heteroatoms. The molecule has 0 aromatic heterocycles. The van der Waals surface area contributed by atoms with Crippen LogP contribution in [0.5, 0.6) is 40.2 Å². The number of rotatable bonds is 9. The van der Waals surface area contributed by atoms with Crippen molar-refractivity contribution < 1.29 is 49.2 Å². The number of methoxy groups -OCH3 is 2. The van der Waals surface area contributed by atoms with Gasteiger partial charge in [0.15, 0.2) is 0 Å². The van der Waals surface area contributed by atoms with E-state index in [1.54, 1.807) is 62.8 Å². The van der Waals surface area contributed by atoms with Crippen LogP contribution in [0.15, 0.2) is 72.8 Å². The van der Waals surface area contributed by atoms with Gasteiger partial charge in [0.1, 0.15) is 46.4 Å². The number of hydrogen-bond acceptors (Lipinski definition) is 10. The minimum absolute atomic E-state index is 0.102. The molecule has 3 aliphatic rings. The number of hydrogen-bond donors (Lipinski definition) is 5. The van der Waals surface area contributed by atoms with Gasteiger partial charge in [0.2, 0.25) is 0 Å². The van der Waals surface area contributed by atoms with Crippen molar-refractivity contribution in [3.63, 3.8) is 0 Å². The predicted octanol–water partition coefficient (Wildman–Crippen LogP) is 7.13. The summed E-state index contributed by atoms with van der Waals surface area (Å²) in [5.74, 6) is 1.54. The fraction of sp³-hybridized carbons (Fsp3) is 0.349. The lowest BCUT2D eigenvalue weighted by atomic mass is 9.71. The molecule has 53 heavy (non-hydrogen) atoms. The van der Waals surface area contributed by atoms with E-state index in [1.165, 1.54) is 0 Å². The van der Waals surface area contributed by atoms with E-state index in [-0.39, 0.29) is 23.9 Å². The van der Waals surface area contributed by atoms with Crippen molar-refractivity contribution in [2.24, 2.45) is 11.8 Å². The molecule has 5 aromatic carbocycles. The number of aliphatic hydroxyl groups is 2. The fourth-order valence-electron chi connectivity index (χ4n) is 8.61. The van der Waals surface area contributed by atoms with E-state index in [2.05, 4.69) is 0 Å². The molecule has 0 radical (unpaired) electrons. The average Bonchev–Trinajstić information content (AvgIpc) is 3.15. The first-order chi connectivity index (χ1) is 25.7. The van der Waals surface area contributed by atoms with Crippen LogP contribution < -0.4 is 18.9 Å². The van der Waals surface area contributed by atoms with E-state index >= 15 is 0 Å². The lowest BCUT2D eigenvalue weighted by Gasteiger charge is -2.46. The Morgan fingerprint density at radius 3 is 2.40 bits per heavy atom. The average molecular weight is 721 g/mol. The molecule has 0 saturated heterocycles. The molecule has 0 fully saturated rings. The first-order valence-electron chi connectivity index (χ1n) is 18.2. The summed E-state index contributed by atoms with van der Waals surface area (Å²) in [6.07, 6.45) is 0.501. The first-order valence-corrected chi connectivity index (χ1v) is 18.2. The molecule has 8 rings (SSSR count). The van der Waals surface area contributed by atoms with Gasteiger partial charge in [0.25, 0.3) is 0 Å². The first kappa shape index (κ1) is 34.9. The zero-order valence-electron chi connectivity index (χ0n) is 29.7. The smallest absolute Gasteiger partial charge is 0.133 e. The predicted molar refractivity (Wildman–Crippen MR) is 198 cm³/mol. The monoisotopic (exact) mass is 720 g/mol. The van der Waals surface area contributed by atoms with Crippen molar-refractivity contribution in [1.29, 1.82) is 0 Å². The van der Waals surface area contributed by atoms with Gasteiger partial charge < -0.3 is 49.2 Å². The molecular formula is C43H44O10. The van der Waals surface area contributed by atoms with E-state index in [0.717, 1.165) is 45.0 Å². The van der Waals surface area contributed by atoms with Crippen LogP contribution in [-0.2, 0) is 17.6 Å². The van der Waals surface area contributed by atoms with Gasteiger partial charge in [0, 0.05) is 65.0 Å². The van der Waals surface area contributed by atoms with Gasteiger partial charge in [0.05, 0.1) is 32.5 Å². The summed E-state index contributed by atoms with van der Waals surface area (Å²) in [6.45, 7) is 1.16. The normalized spacial score (nSPS) is 21.8. The molecule has 3 heterocycles. The standard InChI is InChI=1S/C43H44O10/c1-49-14-5-9-36-37(40(48)38-32-8-4-15-51-42(32)33-20-28(46)11-13-31(33)43(38)53-36)35-22-52-41-25(19-29(50-2)21-34(41)39(35)47)16-24-18-27(45)10-12-30(24)23-6-3-7-26(44)17-23/h3,6-7,10-13,17-21,35-37,39-40,44-48H,4-5,8-9,14-16,22H2,1-2H3/t35-,36-,37+,39+,40+/m0/s1. The second kappa shape index (κ2) is 14.3. The second-order valence-electron chi connectivity index (χ2n) is 14.2. The van der Waals surface area contributed by atoms with E-state index in [0.29, 0.717) is 73.0 Å². The summed E-state index contributed by atoms with van der Waals surface area (Å²) < 4.78 is 30.8. The van der Waals surface area contributed by atoms with Crippen LogP contribution in [0.2, 0.25) is 0 Å². The van der Waals surface area contributed by atoms with Crippen molar-refractivity contribution in [3.8, 4) is 51.4 Å².